The van der Waals surface area contributed by atoms with Crippen LogP contribution in [0.25, 0.3) is 0 Å². The van der Waals surface area contributed by atoms with Crippen molar-refractivity contribution in [3.05, 3.63) is 41.2 Å². The molecule has 1 aliphatic heterocycles. The molecule has 24 heavy (non-hydrogen) atoms. The zero-order valence-electron chi connectivity index (χ0n) is 14.1. The molecular weight excluding hydrogens is 324 g/mol. The summed E-state index contributed by atoms with van der Waals surface area (Å²) in [6.07, 6.45) is 3.54. The number of nitrogens with one attached hydrogen (secondary N) is 2. The fourth-order valence-electron chi connectivity index (χ4n) is 3.31. The van der Waals surface area contributed by atoms with Crippen LogP contribution >= 0.6 is 0 Å². The van der Waals surface area contributed by atoms with Crippen LogP contribution in [0.15, 0.2) is 29.2 Å². The molecular formula is C17H22N4O2S. The normalized spacial score (nSPS) is 18.6. The number of anilines is 1. The van der Waals surface area contributed by atoms with Crippen LogP contribution in [0.2, 0.25) is 0 Å². The molecule has 1 fully saturated rings. The lowest BCUT2D eigenvalue weighted by molar-refractivity contribution is 0.207. The van der Waals surface area contributed by atoms with E-state index in [1.165, 1.54) is 0 Å². The summed E-state index contributed by atoms with van der Waals surface area (Å²) >= 11 is 0. The van der Waals surface area contributed by atoms with E-state index in [0.29, 0.717) is 10.6 Å². The number of urea groups is 1. The monoisotopic (exact) mass is 346 g/mol. The number of amides is 2. The Kier molecular flexibility index (Phi) is 4.71. The lowest BCUT2D eigenvalue weighted by atomic mass is 10.0. The van der Waals surface area contributed by atoms with Gasteiger partial charge in [0, 0.05) is 45.4 Å². The van der Waals surface area contributed by atoms with Gasteiger partial charge in [0.15, 0.2) is 0 Å². The summed E-state index contributed by atoms with van der Waals surface area (Å²) in [5.74, 6) is 0. The van der Waals surface area contributed by atoms with Crippen LogP contribution in [0.5, 0.6) is 0 Å². The van der Waals surface area contributed by atoms with Crippen LogP contribution in [0, 0.1) is 13.8 Å². The molecule has 1 aromatic carbocycles. The Morgan fingerprint density at radius 3 is 2.88 bits per heavy atom. The first-order chi connectivity index (χ1) is 11.5. The van der Waals surface area contributed by atoms with Crippen molar-refractivity contribution in [1.82, 2.24) is 15.1 Å². The number of aryl methyl sites for hydroxylation is 2. The average Bonchev–Trinajstić information content (AvgIpc) is 3.14. The van der Waals surface area contributed by atoms with E-state index >= 15 is 0 Å². The van der Waals surface area contributed by atoms with Crippen LogP contribution in [-0.4, -0.2) is 38.1 Å². The summed E-state index contributed by atoms with van der Waals surface area (Å²) in [7, 11) is -1.07. The number of aromatic nitrogens is 2. The van der Waals surface area contributed by atoms with E-state index in [2.05, 4.69) is 15.5 Å². The summed E-state index contributed by atoms with van der Waals surface area (Å²) in [6.45, 7) is 4.68. The van der Waals surface area contributed by atoms with Crippen molar-refractivity contribution >= 4 is 22.5 Å². The summed E-state index contributed by atoms with van der Waals surface area (Å²) in [4.78, 5) is 15.3. The maximum Gasteiger partial charge on any atom is 0.322 e. The topological polar surface area (TPSA) is 78.1 Å². The van der Waals surface area contributed by atoms with Crippen molar-refractivity contribution < 1.29 is 9.00 Å². The van der Waals surface area contributed by atoms with Crippen molar-refractivity contribution in [3.63, 3.8) is 0 Å². The third-order valence-corrected chi connectivity index (χ3v) is 5.37. The van der Waals surface area contributed by atoms with Crippen molar-refractivity contribution in [3.8, 4) is 0 Å². The Hall–Kier alpha value is -2.15. The molecule has 0 bridgehead atoms. The molecule has 1 aliphatic rings. The van der Waals surface area contributed by atoms with Gasteiger partial charge in [0.05, 0.1) is 11.7 Å². The Morgan fingerprint density at radius 2 is 2.21 bits per heavy atom. The second-order valence-corrected chi connectivity index (χ2v) is 7.49. The number of H-pyrrole nitrogens is 1. The zero-order valence-corrected chi connectivity index (χ0v) is 14.9. The van der Waals surface area contributed by atoms with Crippen LogP contribution in [-0.2, 0) is 10.8 Å². The van der Waals surface area contributed by atoms with E-state index < -0.39 is 10.8 Å². The Morgan fingerprint density at radius 1 is 1.42 bits per heavy atom. The van der Waals surface area contributed by atoms with Gasteiger partial charge in [0.1, 0.15) is 0 Å². The Balaban J connectivity index is 1.79. The summed E-state index contributed by atoms with van der Waals surface area (Å²) in [6, 6.07) is 7.09. The van der Waals surface area contributed by atoms with E-state index in [1.807, 2.05) is 24.8 Å². The van der Waals surface area contributed by atoms with Gasteiger partial charge in [0.25, 0.3) is 0 Å². The fraction of sp³-hybridized carbons (Fsp3) is 0.412. The van der Waals surface area contributed by atoms with Gasteiger partial charge in [-0.05, 0) is 44.9 Å². The second-order valence-electron chi connectivity index (χ2n) is 6.11. The lowest BCUT2D eigenvalue weighted by Gasteiger charge is -2.25. The summed E-state index contributed by atoms with van der Waals surface area (Å²) in [5, 5.41) is 10.2. The molecule has 7 heteroatoms. The predicted octanol–water partition coefficient (Wildman–Crippen LogP) is 3.13. The molecule has 0 radical (unpaired) electrons. The molecule has 6 nitrogen and oxygen atoms in total. The minimum atomic E-state index is -1.07. The van der Waals surface area contributed by atoms with Crippen molar-refractivity contribution in [1.29, 1.82) is 0 Å². The molecule has 0 aliphatic carbocycles. The molecule has 0 saturated carbocycles. The number of nitrogens with zero attached hydrogens (tertiary/aromatic N) is 2. The van der Waals surface area contributed by atoms with E-state index in [1.54, 1.807) is 24.5 Å². The van der Waals surface area contributed by atoms with E-state index in [4.69, 9.17) is 0 Å². The Labute approximate surface area is 144 Å². The first-order valence-electron chi connectivity index (χ1n) is 8.00. The molecule has 2 atom stereocenters. The first-order valence-corrected chi connectivity index (χ1v) is 9.55. The molecule has 2 N–H and O–H groups in total. The lowest BCUT2D eigenvalue weighted by Crippen LogP contribution is -2.34. The molecule has 128 valence electrons. The molecule has 2 aromatic rings. The predicted molar refractivity (Wildman–Crippen MR) is 94.5 cm³/mol. The van der Waals surface area contributed by atoms with Crippen LogP contribution in [0.3, 0.4) is 0 Å². The average molecular weight is 346 g/mol. The van der Waals surface area contributed by atoms with Gasteiger partial charge < -0.3 is 10.2 Å². The first kappa shape index (κ1) is 16.7. The highest BCUT2D eigenvalue weighted by Gasteiger charge is 2.33. The minimum Gasteiger partial charge on any atom is -0.317 e. The molecule has 3 rings (SSSR count). The summed E-state index contributed by atoms with van der Waals surface area (Å²) in [5.41, 5.74) is 3.74. The zero-order chi connectivity index (χ0) is 17.3. The molecule has 0 spiro atoms. The number of hydrogen-bond donors (Lipinski definition) is 2. The highest BCUT2D eigenvalue weighted by Crippen LogP contribution is 2.35. The molecule has 2 amide bonds. The highest BCUT2D eigenvalue weighted by atomic mass is 32.2. The number of likely N-dealkylation sites (tertiary alicyclic amines) is 1. The van der Waals surface area contributed by atoms with Gasteiger partial charge in [-0.2, -0.15) is 5.10 Å². The number of carbonyl (C=O) groups is 1. The van der Waals surface area contributed by atoms with Gasteiger partial charge in [0.2, 0.25) is 0 Å². The van der Waals surface area contributed by atoms with Gasteiger partial charge in [-0.15, -0.1) is 0 Å². The van der Waals surface area contributed by atoms with Crippen molar-refractivity contribution in [2.75, 3.05) is 18.1 Å². The maximum absolute atomic E-state index is 12.7. The summed E-state index contributed by atoms with van der Waals surface area (Å²) < 4.78 is 11.6. The highest BCUT2D eigenvalue weighted by molar-refractivity contribution is 7.84. The molecule has 1 saturated heterocycles. The van der Waals surface area contributed by atoms with Crippen molar-refractivity contribution in [2.45, 2.75) is 37.6 Å². The van der Waals surface area contributed by atoms with Crippen LogP contribution in [0.1, 0.15) is 35.8 Å². The smallest absolute Gasteiger partial charge is 0.317 e. The van der Waals surface area contributed by atoms with E-state index in [9.17, 15) is 9.00 Å². The van der Waals surface area contributed by atoms with E-state index in [0.717, 1.165) is 36.3 Å². The number of benzene rings is 1. The minimum absolute atomic E-state index is 0.0484. The van der Waals surface area contributed by atoms with Gasteiger partial charge >= 0.3 is 6.03 Å². The quantitative estimate of drug-likeness (QED) is 0.896. The van der Waals surface area contributed by atoms with Crippen molar-refractivity contribution in [2.24, 2.45) is 0 Å². The SMILES string of the molecule is Cc1n[nH]c(C)c1[C@H]1CCCN1C(=O)Nc1cccc([S@@](C)=O)c1. The third-order valence-electron chi connectivity index (χ3n) is 4.45. The number of carbonyl (C=O) groups excluding carboxylic acids is 1. The largest absolute Gasteiger partial charge is 0.322 e. The van der Waals surface area contributed by atoms with Crippen LogP contribution < -0.4 is 5.32 Å². The number of hydrogen-bond acceptors (Lipinski definition) is 3. The van der Waals surface area contributed by atoms with Gasteiger partial charge in [-0.3, -0.25) is 9.31 Å². The fourth-order valence-corrected chi connectivity index (χ4v) is 3.87. The van der Waals surface area contributed by atoms with Gasteiger partial charge in [-0.25, -0.2) is 4.79 Å². The number of aromatic amines is 1. The second kappa shape index (κ2) is 6.76. The Bertz CT molecular complexity index is 767. The molecule has 1 aromatic heterocycles. The molecule has 2 heterocycles. The molecule has 0 unspecified atom stereocenters. The standard InChI is InChI=1S/C17H22N4O2S/c1-11-16(12(2)20-19-11)15-8-5-9-21(15)17(22)18-13-6-4-7-14(10-13)24(3)23/h4,6-7,10,15H,5,8-9H2,1-3H3,(H,18,22)(H,19,20)/t15-,24-/m1/s1. The van der Waals surface area contributed by atoms with Crippen LogP contribution in [0.4, 0.5) is 10.5 Å². The third kappa shape index (κ3) is 3.21. The van der Waals surface area contributed by atoms with E-state index in [-0.39, 0.29) is 12.1 Å². The number of rotatable bonds is 3. The maximum atomic E-state index is 12.7. The van der Waals surface area contributed by atoms with Gasteiger partial charge in [-0.1, -0.05) is 6.07 Å².